The highest BCUT2D eigenvalue weighted by atomic mass is 15.2. The maximum atomic E-state index is 5.98. The van der Waals surface area contributed by atoms with Gasteiger partial charge in [0.05, 0.1) is 0 Å². The summed E-state index contributed by atoms with van der Waals surface area (Å²) >= 11 is 0. The van der Waals surface area contributed by atoms with E-state index in [0.29, 0.717) is 0 Å². The molecule has 0 saturated heterocycles. The van der Waals surface area contributed by atoms with Crippen molar-refractivity contribution < 1.29 is 0 Å². The fourth-order valence-corrected chi connectivity index (χ4v) is 2.33. The number of rotatable bonds is 8. The number of benzene rings is 1. The predicted octanol–water partition coefficient (Wildman–Crippen LogP) is 3.07. The zero-order valence-electron chi connectivity index (χ0n) is 12.2. The average Bonchev–Trinajstić information content (AvgIpc) is 2.43. The number of nitrogens with two attached hydrogens (primary N) is 1. The van der Waals surface area contributed by atoms with Crippen LogP contribution in [0.5, 0.6) is 0 Å². The monoisotopic (exact) mass is 248 g/mol. The SMILES string of the molecule is CCCN(CCc1ccccc1)C(C)(CC)CN. The molecular formula is C16H28N2. The van der Waals surface area contributed by atoms with Gasteiger partial charge in [0, 0.05) is 18.6 Å². The summed E-state index contributed by atoms with van der Waals surface area (Å²) in [7, 11) is 0. The molecule has 0 radical (unpaired) electrons. The van der Waals surface area contributed by atoms with Crippen LogP contribution in [0.15, 0.2) is 30.3 Å². The third-order valence-corrected chi connectivity index (χ3v) is 3.97. The van der Waals surface area contributed by atoms with Crippen LogP contribution >= 0.6 is 0 Å². The second-order valence-electron chi connectivity index (χ2n) is 5.28. The van der Waals surface area contributed by atoms with E-state index >= 15 is 0 Å². The lowest BCUT2D eigenvalue weighted by molar-refractivity contribution is 0.107. The van der Waals surface area contributed by atoms with Crippen molar-refractivity contribution >= 4 is 0 Å². The molecule has 1 atom stereocenters. The van der Waals surface area contributed by atoms with Gasteiger partial charge in [-0.2, -0.15) is 0 Å². The lowest BCUT2D eigenvalue weighted by atomic mass is 9.95. The lowest BCUT2D eigenvalue weighted by Crippen LogP contribution is -2.52. The van der Waals surface area contributed by atoms with Crippen LogP contribution in [0.25, 0.3) is 0 Å². The van der Waals surface area contributed by atoms with Crippen LogP contribution in [0.4, 0.5) is 0 Å². The Balaban J connectivity index is 2.63. The zero-order valence-corrected chi connectivity index (χ0v) is 12.2. The molecule has 0 saturated carbocycles. The van der Waals surface area contributed by atoms with E-state index in [0.717, 1.165) is 32.5 Å². The van der Waals surface area contributed by atoms with Crippen molar-refractivity contribution in [3.8, 4) is 0 Å². The molecular weight excluding hydrogens is 220 g/mol. The van der Waals surface area contributed by atoms with Gasteiger partial charge in [-0.05, 0) is 38.3 Å². The van der Waals surface area contributed by atoms with E-state index in [9.17, 15) is 0 Å². The first-order valence-corrected chi connectivity index (χ1v) is 7.15. The highest BCUT2D eigenvalue weighted by molar-refractivity contribution is 5.15. The quantitative estimate of drug-likeness (QED) is 0.766. The molecule has 2 nitrogen and oxygen atoms in total. The van der Waals surface area contributed by atoms with E-state index in [2.05, 4.69) is 56.0 Å². The van der Waals surface area contributed by atoms with Crippen LogP contribution in [0, 0.1) is 0 Å². The number of nitrogens with zero attached hydrogens (tertiary/aromatic N) is 1. The molecule has 0 spiro atoms. The minimum atomic E-state index is 0.144. The Morgan fingerprint density at radius 3 is 2.28 bits per heavy atom. The van der Waals surface area contributed by atoms with Crippen molar-refractivity contribution in [2.75, 3.05) is 19.6 Å². The van der Waals surface area contributed by atoms with Crippen LogP contribution in [0.2, 0.25) is 0 Å². The molecule has 0 fully saturated rings. The normalized spacial score (nSPS) is 14.7. The minimum absolute atomic E-state index is 0.144. The molecule has 18 heavy (non-hydrogen) atoms. The first-order chi connectivity index (χ1) is 8.66. The molecule has 102 valence electrons. The largest absolute Gasteiger partial charge is 0.329 e. The van der Waals surface area contributed by atoms with Crippen LogP contribution in [-0.2, 0) is 6.42 Å². The highest BCUT2D eigenvalue weighted by Gasteiger charge is 2.27. The van der Waals surface area contributed by atoms with Gasteiger partial charge in [0.2, 0.25) is 0 Å². The van der Waals surface area contributed by atoms with Crippen LogP contribution < -0.4 is 5.73 Å². The molecule has 2 heteroatoms. The first-order valence-electron chi connectivity index (χ1n) is 7.15. The summed E-state index contributed by atoms with van der Waals surface area (Å²) in [5.74, 6) is 0. The van der Waals surface area contributed by atoms with Crippen molar-refractivity contribution in [2.24, 2.45) is 5.73 Å². The van der Waals surface area contributed by atoms with Gasteiger partial charge in [0.15, 0.2) is 0 Å². The molecule has 0 aromatic heterocycles. The van der Waals surface area contributed by atoms with Crippen molar-refractivity contribution in [3.05, 3.63) is 35.9 Å². The van der Waals surface area contributed by atoms with Gasteiger partial charge in [-0.15, -0.1) is 0 Å². The van der Waals surface area contributed by atoms with Gasteiger partial charge in [-0.1, -0.05) is 44.2 Å². The van der Waals surface area contributed by atoms with Crippen molar-refractivity contribution in [2.45, 2.75) is 45.6 Å². The molecule has 1 rings (SSSR count). The van der Waals surface area contributed by atoms with Crippen molar-refractivity contribution in [1.82, 2.24) is 4.90 Å². The summed E-state index contributed by atoms with van der Waals surface area (Å²) in [4.78, 5) is 2.56. The maximum absolute atomic E-state index is 5.98. The fraction of sp³-hybridized carbons (Fsp3) is 0.625. The summed E-state index contributed by atoms with van der Waals surface area (Å²) in [5, 5.41) is 0. The van der Waals surface area contributed by atoms with Crippen molar-refractivity contribution in [1.29, 1.82) is 0 Å². The summed E-state index contributed by atoms with van der Waals surface area (Å²) in [6.07, 6.45) is 3.40. The zero-order chi connectivity index (χ0) is 13.4. The van der Waals surface area contributed by atoms with E-state index in [4.69, 9.17) is 5.73 Å². The average molecular weight is 248 g/mol. The summed E-state index contributed by atoms with van der Waals surface area (Å²) in [6.45, 7) is 9.72. The third kappa shape index (κ3) is 4.11. The second-order valence-corrected chi connectivity index (χ2v) is 5.28. The summed E-state index contributed by atoms with van der Waals surface area (Å²) in [5.41, 5.74) is 7.53. The van der Waals surface area contributed by atoms with Gasteiger partial charge in [0.1, 0.15) is 0 Å². The molecule has 0 amide bonds. The number of hydrogen-bond donors (Lipinski definition) is 1. The van der Waals surface area contributed by atoms with E-state index < -0.39 is 0 Å². The van der Waals surface area contributed by atoms with E-state index in [1.165, 1.54) is 12.0 Å². The van der Waals surface area contributed by atoms with Gasteiger partial charge in [0.25, 0.3) is 0 Å². The van der Waals surface area contributed by atoms with E-state index in [1.807, 2.05) is 0 Å². The molecule has 2 N–H and O–H groups in total. The topological polar surface area (TPSA) is 29.3 Å². The molecule has 0 heterocycles. The van der Waals surface area contributed by atoms with Crippen LogP contribution in [-0.4, -0.2) is 30.1 Å². The van der Waals surface area contributed by atoms with Crippen LogP contribution in [0.1, 0.15) is 39.2 Å². The molecule has 0 aliphatic rings. The lowest BCUT2D eigenvalue weighted by Gasteiger charge is -2.40. The van der Waals surface area contributed by atoms with Gasteiger partial charge < -0.3 is 5.73 Å². The molecule has 1 aromatic carbocycles. The molecule has 0 bridgehead atoms. The van der Waals surface area contributed by atoms with E-state index in [1.54, 1.807) is 0 Å². The molecule has 0 aliphatic heterocycles. The van der Waals surface area contributed by atoms with Gasteiger partial charge in [-0.3, -0.25) is 4.90 Å². The Morgan fingerprint density at radius 2 is 1.78 bits per heavy atom. The summed E-state index contributed by atoms with van der Waals surface area (Å²) in [6, 6.07) is 10.7. The van der Waals surface area contributed by atoms with Gasteiger partial charge in [-0.25, -0.2) is 0 Å². The molecule has 1 unspecified atom stereocenters. The Bertz CT molecular complexity index is 317. The Kier molecular flexibility index (Phi) is 6.37. The Morgan fingerprint density at radius 1 is 1.11 bits per heavy atom. The Labute approximate surface area is 112 Å². The molecule has 1 aromatic rings. The van der Waals surface area contributed by atoms with E-state index in [-0.39, 0.29) is 5.54 Å². The van der Waals surface area contributed by atoms with Crippen LogP contribution in [0.3, 0.4) is 0 Å². The maximum Gasteiger partial charge on any atom is 0.0301 e. The Hall–Kier alpha value is -0.860. The minimum Gasteiger partial charge on any atom is -0.329 e. The van der Waals surface area contributed by atoms with Crippen molar-refractivity contribution in [3.63, 3.8) is 0 Å². The molecule has 0 aliphatic carbocycles. The highest BCUT2D eigenvalue weighted by Crippen LogP contribution is 2.19. The fourth-order valence-electron chi connectivity index (χ4n) is 2.33. The first kappa shape index (κ1) is 15.2. The second kappa shape index (κ2) is 7.55. The van der Waals surface area contributed by atoms with Gasteiger partial charge >= 0.3 is 0 Å². The predicted molar refractivity (Wildman–Crippen MR) is 79.8 cm³/mol. The number of hydrogen-bond acceptors (Lipinski definition) is 2. The standard InChI is InChI=1S/C16H28N2/c1-4-12-18(16(3,5-2)14-17)13-11-15-9-7-6-8-10-15/h6-10H,4-5,11-14,17H2,1-3H3. The summed E-state index contributed by atoms with van der Waals surface area (Å²) < 4.78 is 0. The smallest absolute Gasteiger partial charge is 0.0301 e. The third-order valence-electron chi connectivity index (χ3n) is 3.97.